The Bertz CT molecular complexity index is 770. The van der Waals surface area contributed by atoms with Gasteiger partial charge in [-0.05, 0) is 40.0 Å². The summed E-state index contributed by atoms with van der Waals surface area (Å²) in [5.74, 6) is -0.227. The maximum Gasteiger partial charge on any atom is 0.316 e. The Balaban J connectivity index is 2.26. The molecule has 0 aliphatic carbocycles. The second kappa shape index (κ2) is 17.6. The molecule has 0 radical (unpaired) electrons. The molecule has 1 aromatic heterocycles. The first-order valence-electron chi connectivity index (χ1n) is 13.9. The number of hydrogen-bond donors (Lipinski definition) is 0. The fourth-order valence-corrected chi connectivity index (χ4v) is 4.06. The zero-order valence-corrected chi connectivity index (χ0v) is 22.8. The maximum atomic E-state index is 12.3. The van der Waals surface area contributed by atoms with Crippen LogP contribution < -0.4 is 10.2 Å². The number of aromatic nitrogens is 1. The molecule has 194 valence electrons. The topological polar surface area (TPSA) is 48.3 Å². The standard InChI is InChI=1S/C30H51NO3/c1-6-8-9-10-11-12-13-14-15-16-17-18-19-20-21-22-24-31-25-23-27(32)28(26(31)7-2)34-29(33)30(3,4)5/h22-25H,6-21H2,1-5H3. The van der Waals surface area contributed by atoms with E-state index in [4.69, 9.17) is 4.74 Å². The average Bonchev–Trinajstić information content (AvgIpc) is 2.80. The Morgan fingerprint density at radius 1 is 0.853 bits per heavy atom. The summed E-state index contributed by atoms with van der Waals surface area (Å²) in [4.78, 5) is 24.6. The monoisotopic (exact) mass is 473 g/mol. The third-order valence-corrected chi connectivity index (χ3v) is 6.32. The Hall–Kier alpha value is -1.84. The van der Waals surface area contributed by atoms with Gasteiger partial charge in [0.2, 0.25) is 5.43 Å². The van der Waals surface area contributed by atoms with Gasteiger partial charge in [-0.2, -0.15) is 0 Å². The molecule has 0 N–H and O–H groups in total. The van der Waals surface area contributed by atoms with Crippen LogP contribution in [0.2, 0.25) is 0 Å². The number of pyridine rings is 1. The predicted octanol–water partition coefficient (Wildman–Crippen LogP) is 8.70. The minimum absolute atomic E-state index is 0.158. The van der Waals surface area contributed by atoms with Crippen molar-refractivity contribution in [1.82, 2.24) is 4.57 Å². The lowest BCUT2D eigenvalue weighted by Crippen LogP contribution is -2.28. The van der Waals surface area contributed by atoms with Gasteiger partial charge in [-0.3, -0.25) is 9.59 Å². The fraction of sp³-hybridized carbons (Fsp3) is 0.733. The number of nitrogens with zero attached hydrogens (tertiary/aromatic N) is 1. The molecule has 0 unspecified atom stereocenters. The minimum Gasteiger partial charge on any atom is -0.420 e. The van der Waals surface area contributed by atoms with E-state index in [0.717, 1.165) is 12.1 Å². The molecular formula is C30H51NO3. The van der Waals surface area contributed by atoms with Crippen LogP contribution in [0.4, 0.5) is 0 Å². The van der Waals surface area contributed by atoms with Crippen LogP contribution in [0.3, 0.4) is 0 Å². The lowest BCUT2D eigenvalue weighted by atomic mass is 9.97. The van der Waals surface area contributed by atoms with Crippen LogP contribution >= 0.6 is 0 Å². The van der Waals surface area contributed by atoms with Gasteiger partial charge in [0, 0.05) is 18.5 Å². The first-order chi connectivity index (χ1) is 16.3. The first kappa shape index (κ1) is 30.2. The number of ether oxygens (including phenoxy) is 1. The van der Waals surface area contributed by atoms with E-state index >= 15 is 0 Å². The zero-order chi connectivity index (χ0) is 25.2. The van der Waals surface area contributed by atoms with Crippen molar-refractivity contribution in [3.63, 3.8) is 0 Å². The van der Waals surface area contributed by atoms with Crippen molar-refractivity contribution < 1.29 is 9.53 Å². The summed E-state index contributed by atoms with van der Waals surface area (Å²) >= 11 is 0. The van der Waals surface area contributed by atoms with E-state index in [9.17, 15) is 9.59 Å². The van der Waals surface area contributed by atoms with Crippen LogP contribution in [0.25, 0.3) is 6.20 Å². The van der Waals surface area contributed by atoms with Crippen LogP contribution in [0.15, 0.2) is 23.1 Å². The summed E-state index contributed by atoms with van der Waals surface area (Å²) in [5.41, 5.74) is -0.157. The van der Waals surface area contributed by atoms with Crippen molar-refractivity contribution in [3.8, 4) is 5.75 Å². The first-order valence-corrected chi connectivity index (χ1v) is 13.9. The highest BCUT2D eigenvalue weighted by Crippen LogP contribution is 2.21. The second-order valence-electron chi connectivity index (χ2n) is 10.6. The molecule has 0 atom stereocenters. The number of carbonyl (C=O) groups excluding carboxylic acids is 1. The number of rotatable bonds is 18. The molecule has 0 saturated heterocycles. The molecule has 34 heavy (non-hydrogen) atoms. The Labute approximate surface area is 209 Å². The number of unbranched alkanes of at least 4 members (excludes halogenated alkanes) is 14. The average molecular weight is 474 g/mol. The number of esters is 1. The molecule has 0 saturated carbocycles. The van der Waals surface area contributed by atoms with Crippen LogP contribution in [0.1, 0.15) is 137 Å². The van der Waals surface area contributed by atoms with Crippen molar-refractivity contribution in [2.45, 2.75) is 137 Å². The Morgan fingerprint density at radius 3 is 1.82 bits per heavy atom. The van der Waals surface area contributed by atoms with Crippen molar-refractivity contribution in [1.29, 1.82) is 0 Å². The summed E-state index contributed by atoms with van der Waals surface area (Å²) < 4.78 is 7.41. The van der Waals surface area contributed by atoms with Crippen LogP contribution in [0, 0.1) is 5.41 Å². The highest BCUT2D eigenvalue weighted by Gasteiger charge is 2.26. The molecule has 1 rings (SSSR count). The largest absolute Gasteiger partial charge is 0.420 e. The van der Waals surface area contributed by atoms with Crippen LogP contribution in [0.5, 0.6) is 5.75 Å². The van der Waals surface area contributed by atoms with Gasteiger partial charge in [-0.15, -0.1) is 0 Å². The quantitative estimate of drug-likeness (QED) is 0.158. The summed E-state index contributed by atoms with van der Waals surface area (Å²) in [5, 5.41) is 0. The van der Waals surface area contributed by atoms with Gasteiger partial charge < -0.3 is 9.30 Å². The van der Waals surface area contributed by atoms with Gasteiger partial charge in [0.25, 0.3) is 0 Å². The lowest BCUT2D eigenvalue weighted by Gasteiger charge is -2.18. The number of hydrogen-bond acceptors (Lipinski definition) is 3. The lowest BCUT2D eigenvalue weighted by molar-refractivity contribution is -0.143. The minimum atomic E-state index is -0.651. The van der Waals surface area contributed by atoms with Crippen molar-refractivity contribution in [2.75, 3.05) is 0 Å². The molecule has 0 amide bonds. The van der Waals surface area contributed by atoms with E-state index in [1.165, 1.54) is 96.0 Å². The van der Waals surface area contributed by atoms with Gasteiger partial charge in [-0.25, -0.2) is 0 Å². The van der Waals surface area contributed by atoms with Crippen molar-refractivity contribution in [3.05, 3.63) is 34.3 Å². The predicted molar refractivity (Wildman–Crippen MR) is 145 cm³/mol. The van der Waals surface area contributed by atoms with Gasteiger partial charge in [0.1, 0.15) is 0 Å². The van der Waals surface area contributed by atoms with Crippen molar-refractivity contribution in [2.24, 2.45) is 5.41 Å². The van der Waals surface area contributed by atoms with E-state index in [-0.39, 0.29) is 17.1 Å². The highest BCUT2D eigenvalue weighted by molar-refractivity contribution is 5.78. The van der Waals surface area contributed by atoms with Crippen LogP contribution in [-0.2, 0) is 11.2 Å². The van der Waals surface area contributed by atoms with E-state index in [1.807, 2.05) is 17.7 Å². The zero-order valence-electron chi connectivity index (χ0n) is 22.8. The molecular weight excluding hydrogens is 422 g/mol. The fourth-order valence-electron chi connectivity index (χ4n) is 4.06. The van der Waals surface area contributed by atoms with Gasteiger partial charge in [0.05, 0.1) is 11.1 Å². The molecule has 1 aromatic rings. The summed E-state index contributed by atoms with van der Waals surface area (Å²) in [7, 11) is 0. The van der Waals surface area contributed by atoms with E-state index < -0.39 is 5.41 Å². The highest BCUT2D eigenvalue weighted by atomic mass is 16.5. The maximum absolute atomic E-state index is 12.3. The van der Waals surface area contributed by atoms with E-state index in [1.54, 1.807) is 27.0 Å². The van der Waals surface area contributed by atoms with Gasteiger partial charge in [0.15, 0.2) is 5.75 Å². The van der Waals surface area contributed by atoms with E-state index in [2.05, 4.69) is 13.0 Å². The summed E-state index contributed by atoms with van der Waals surface area (Å²) in [6.45, 7) is 9.62. The second-order valence-corrected chi connectivity index (χ2v) is 10.6. The van der Waals surface area contributed by atoms with Crippen LogP contribution in [-0.4, -0.2) is 10.5 Å². The van der Waals surface area contributed by atoms with E-state index in [0.29, 0.717) is 6.42 Å². The summed E-state index contributed by atoms with van der Waals surface area (Å²) in [6, 6.07) is 1.47. The van der Waals surface area contributed by atoms with Gasteiger partial charge in [-0.1, -0.05) is 103 Å². The van der Waals surface area contributed by atoms with Gasteiger partial charge >= 0.3 is 5.97 Å². The third kappa shape index (κ3) is 12.6. The number of carbonyl (C=O) groups is 1. The molecule has 0 aliphatic rings. The molecule has 4 nitrogen and oxygen atoms in total. The Morgan fingerprint density at radius 2 is 1.35 bits per heavy atom. The van der Waals surface area contributed by atoms with Crippen molar-refractivity contribution >= 4 is 12.2 Å². The normalized spacial score (nSPS) is 11.9. The smallest absolute Gasteiger partial charge is 0.316 e. The molecule has 0 spiro atoms. The molecule has 0 fully saturated rings. The molecule has 0 aromatic carbocycles. The molecule has 1 heterocycles. The molecule has 0 aliphatic heterocycles. The third-order valence-electron chi connectivity index (χ3n) is 6.32. The molecule has 4 heteroatoms. The summed E-state index contributed by atoms with van der Waals surface area (Å²) in [6.07, 6.45) is 26.7. The SMILES string of the molecule is CCCCCCCCCCCCCCCCC=Cn1ccc(=O)c(OC(=O)C(C)(C)C)c1CC. The Kier molecular flexibility index (Phi) is 15.6. The number of allylic oxidation sites excluding steroid dienone is 1. The molecule has 0 bridgehead atoms.